The van der Waals surface area contributed by atoms with Crippen LogP contribution >= 0.6 is 7.82 Å². The second kappa shape index (κ2) is 3.23. The zero-order valence-corrected chi connectivity index (χ0v) is 10.1. The second-order valence-electron chi connectivity index (χ2n) is 4.34. The van der Waals surface area contributed by atoms with Crippen molar-refractivity contribution < 1.29 is 18.6 Å². The fourth-order valence-electron chi connectivity index (χ4n) is 0.434. The van der Waals surface area contributed by atoms with Crippen molar-refractivity contribution in [3.63, 3.8) is 0 Å². The summed E-state index contributed by atoms with van der Waals surface area (Å²) in [6, 6.07) is 0. The van der Waals surface area contributed by atoms with Gasteiger partial charge in [-0.2, -0.15) is 0 Å². The predicted molar refractivity (Wildman–Crippen MR) is 50.3 cm³/mol. The van der Waals surface area contributed by atoms with E-state index in [-0.39, 0.29) is 5.04 Å². The summed E-state index contributed by atoms with van der Waals surface area (Å²) < 4.78 is 15.4. The Morgan fingerprint density at radius 1 is 1.25 bits per heavy atom. The molecule has 0 saturated carbocycles. The first-order chi connectivity index (χ1) is 4.96. The van der Waals surface area contributed by atoms with Crippen LogP contribution in [0.4, 0.5) is 0 Å². The van der Waals surface area contributed by atoms with Crippen LogP contribution in [0.2, 0.25) is 18.1 Å². The first-order valence-corrected chi connectivity index (χ1v) is 8.16. The van der Waals surface area contributed by atoms with E-state index in [9.17, 15) is 4.57 Å². The molecule has 0 rings (SSSR count). The van der Waals surface area contributed by atoms with Crippen LogP contribution in [0.25, 0.3) is 0 Å². The largest absolute Gasteiger partial charge is 0.459 e. The van der Waals surface area contributed by atoms with Crippen LogP contribution in [-0.2, 0) is 8.78 Å². The van der Waals surface area contributed by atoms with Gasteiger partial charge in [-0.3, -0.25) is 0 Å². The van der Waals surface area contributed by atoms with Gasteiger partial charge in [0.2, 0.25) is 8.32 Å². The van der Waals surface area contributed by atoms with E-state index in [4.69, 9.17) is 14.0 Å². The van der Waals surface area contributed by atoms with E-state index in [1.165, 1.54) is 0 Å². The molecule has 0 aromatic rings. The lowest BCUT2D eigenvalue weighted by atomic mass is 10.2. The summed E-state index contributed by atoms with van der Waals surface area (Å²) in [7, 11) is -6.63. The van der Waals surface area contributed by atoms with Gasteiger partial charge >= 0.3 is 7.82 Å². The number of rotatable bonds is 2. The molecule has 0 amide bonds. The maximum absolute atomic E-state index is 10.6. The van der Waals surface area contributed by atoms with E-state index in [1.54, 1.807) is 13.1 Å². The van der Waals surface area contributed by atoms with Gasteiger partial charge in [0, 0.05) is 0 Å². The summed E-state index contributed by atoms with van der Waals surface area (Å²) in [4.78, 5) is 17.3. The lowest BCUT2D eigenvalue weighted by Crippen LogP contribution is -2.39. The normalized spacial score (nSPS) is 14.9. The monoisotopic (exact) mass is 212 g/mol. The van der Waals surface area contributed by atoms with Crippen molar-refractivity contribution >= 4 is 16.1 Å². The quantitative estimate of drug-likeness (QED) is 0.543. The van der Waals surface area contributed by atoms with Gasteiger partial charge in [0.25, 0.3) is 0 Å². The van der Waals surface area contributed by atoms with E-state index >= 15 is 0 Å². The highest BCUT2D eigenvalue weighted by Gasteiger charge is 2.42. The molecule has 74 valence electrons. The fraction of sp³-hybridized carbons (Fsp3) is 1.00. The Bertz CT molecular complexity index is 202. The molecule has 0 aromatic carbocycles. The van der Waals surface area contributed by atoms with Gasteiger partial charge < -0.3 is 14.0 Å². The minimum absolute atomic E-state index is 0.172. The summed E-state index contributed by atoms with van der Waals surface area (Å²) in [5.74, 6) is 0. The molecule has 0 bridgehead atoms. The van der Waals surface area contributed by atoms with Gasteiger partial charge in [-0.25, -0.2) is 4.57 Å². The van der Waals surface area contributed by atoms with Crippen LogP contribution in [0.15, 0.2) is 0 Å². The van der Waals surface area contributed by atoms with Gasteiger partial charge in [-0.05, 0) is 18.1 Å². The van der Waals surface area contributed by atoms with E-state index in [0.717, 1.165) is 0 Å². The highest BCUT2D eigenvalue weighted by Crippen LogP contribution is 2.47. The van der Waals surface area contributed by atoms with Crippen LogP contribution in [-0.4, -0.2) is 18.1 Å². The Hall–Kier alpha value is 0.327. The molecule has 0 heterocycles. The summed E-state index contributed by atoms with van der Waals surface area (Å²) >= 11 is 0. The third kappa shape index (κ3) is 3.82. The van der Waals surface area contributed by atoms with Crippen molar-refractivity contribution in [1.82, 2.24) is 0 Å². The number of phosphoric acid groups is 1. The molecule has 0 aromatic heterocycles. The van der Waals surface area contributed by atoms with Crippen molar-refractivity contribution in [2.24, 2.45) is 0 Å². The molecular formula is C6H17O4PSi. The van der Waals surface area contributed by atoms with E-state index < -0.39 is 16.1 Å². The molecule has 0 aliphatic carbocycles. The lowest BCUT2D eigenvalue weighted by molar-refractivity contribution is 0.273. The summed E-state index contributed by atoms with van der Waals surface area (Å²) in [5, 5.41) is -0.172. The molecular weight excluding hydrogens is 195 g/mol. The first-order valence-electron chi connectivity index (χ1n) is 3.72. The molecule has 0 saturated heterocycles. The molecule has 0 unspecified atom stereocenters. The lowest BCUT2D eigenvalue weighted by Gasteiger charge is -2.35. The Morgan fingerprint density at radius 2 is 1.58 bits per heavy atom. The smallest absolute Gasteiger partial charge is 0.329 e. The minimum atomic E-state index is -4.32. The molecule has 12 heavy (non-hydrogen) atoms. The Morgan fingerprint density at radius 3 is 1.67 bits per heavy atom. The van der Waals surface area contributed by atoms with Crippen molar-refractivity contribution in [2.75, 3.05) is 0 Å². The molecule has 0 radical (unpaired) electrons. The van der Waals surface area contributed by atoms with Crippen molar-refractivity contribution in [2.45, 2.75) is 38.9 Å². The molecule has 4 nitrogen and oxygen atoms in total. The zero-order valence-electron chi connectivity index (χ0n) is 8.16. The topological polar surface area (TPSA) is 66.8 Å². The third-order valence-electron chi connectivity index (χ3n) is 2.15. The third-order valence-corrected chi connectivity index (χ3v) is 8.54. The van der Waals surface area contributed by atoms with Crippen molar-refractivity contribution in [1.29, 1.82) is 0 Å². The summed E-state index contributed by atoms with van der Waals surface area (Å²) in [6.07, 6.45) is 0. The van der Waals surface area contributed by atoms with Crippen LogP contribution < -0.4 is 0 Å². The molecule has 0 aliphatic heterocycles. The highest BCUT2D eigenvalue weighted by molar-refractivity contribution is 7.48. The van der Waals surface area contributed by atoms with Crippen LogP contribution in [0, 0.1) is 0 Å². The Kier molecular flexibility index (Phi) is 3.32. The average Bonchev–Trinajstić information content (AvgIpc) is 1.52. The number of hydrogen-bond donors (Lipinski definition) is 2. The zero-order chi connectivity index (χ0) is 10.2. The van der Waals surface area contributed by atoms with Gasteiger partial charge in [0.15, 0.2) is 0 Å². The minimum Gasteiger partial charge on any atom is -0.329 e. The SMILES string of the molecule is CC(C)(C)[Si](C)(C)OP(=O)(O)O. The number of hydrogen-bond acceptors (Lipinski definition) is 2. The van der Waals surface area contributed by atoms with Crippen LogP contribution in [0.3, 0.4) is 0 Å². The highest BCUT2D eigenvalue weighted by atomic mass is 31.2. The van der Waals surface area contributed by atoms with Crippen molar-refractivity contribution in [3.8, 4) is 0 Å². The predicted octanol–water partition coefficient (Wildman–Crippen LogP) is 2.10. The molecule has 0 spiro atoms. The van der Waals surface area contributed by atoms with Gasteiger partial charge in [0.05, 0.1) is 0 Å². The van der Waals surface area contributed by atoms with E-state index in [0.29, 0.717) is 0 Å². The molecule has 0 aliphatic rings. The molecule has 0 fully saturated rings. The maximum atomic E-state index is 10.6. The van der Waals surface area contributed by atoms with Crippen LogP contribution in [0.5, 0.6) is 0 Å². The summed E-state index contributed by atoms with van der Waals surface area (Å²) in [5.41, 5.74) is 0. The second-order valence-corrected chi connectivity index (χ2v) is 10.6. The average molecular weight is 212 g/mol. The molecule has 0 atom stereocenters. The first kappa shape index (κ1) is 12.3. The van der Waals surface area contributed by atoms with Gasteiger partial charge in [0.1, 0.15) is 0 Å². The summed E-state index contributed by atoms with van der Waals surface area (Å²) in [6.45, 7) is 9.37. The van der Waals surface area contributed by atoms with E-state index in [2.05, 4.69) is 0 Å². The van der Waals surface area contributed by atoms with Crippen molar-refractivity contribution in [3.05, 3.63) is 0 Å². The Labute approximate surface area is 74.3 Å². The molecule has 2 N–H and O–H groups in total. The Balaban J connectivity index is 4.56. The van der Waals surface area contributed by atoms with Gasteiger partial charge in [-0.1, -0.05) is 20.8 Å². The maximum Gasteiger partial charge on any atom is 0.459 e. The van der Waals surface area contributed by atoms with Crippen LogP contribution in [0.1, 0.15) is 20.8 Å². The van der Waals surface area contributed by atoms with Gasteiger partial charge in [-0.15, -0.1) is 0 Å². The standard InChI is InChI=1S/C6H17O4PSi/c1-6(2,3)12(4,5)10-11(7,8)9/h1-5H3,(H2,7,8,9). The van der Waals surface area contributed by atoms with E-state index in [1.807, 2.05) is 20.8 Å². The molecule has 6 heteroatoms. The fourth-order valence-corrected chi connectivity index (χ4v) is 3.91.